The molecule has 5 nitrogen and oxygen atoms in total. The summed E-state index contributed by atoms with van der Waals surface area (Å²) in [5.41, 5.74) is 5.29. The van der Waals surface area contributed by atoms with Crippen molar-refractivity contribution >= 4 is 15.7 Å². The summed E-state index contributed by atoms with van der Waals surface area (Å²) < 4.78 is 22.6. The van der Waals surface area contributed by atoms with Gasteiger partial charge in [-0.15, -0.1) is 0 Å². The molecule has 1 unspecified atom stereocenters. The van der Waals surface area contributed by atoms with E-state index in [0.29, 0.717) is 25.1 Å². The number of rotatable bonds is 5. The molecule has 0 radical (unpaired) electrons. The van der Waals surface area contributed by atoms with Crippen molar-refractivity contribution in [2.24, 2.45) is 5.73 Å². The second-order valence-corrected chi connectivity index (χ2v) is 6.19. The summed E-state index contributed by atoms with van der Waals surface area (Å²) in [6, 6.07) is 0.124. The summed E-state index contributed by atoms with van der Waals surface area (Å²) in [5.74, 6) is 0.724. The largest absolute Gasteiger partial charge is 0.388 e. The molecule has 0 saturated carbocycles. The lowest BCUT2D eigenvalue weighted by atomic mass is 10.2. The number of nitrogens with zero attached hydrogens (tertiary/aromatic N) is 1. The van der Waals surface area contributed by atoms with Crippen LogP contribution in [-0.2, 0) is 9.84 Å². The number of nitrogens with two attached hydrogens (primary N) is 1. The van der Waals surface area contributed by atoms with E-state index in [1.54, 1.807) is 0 Å². The Balaban J connectivity index is 2.49. The number of nitrogens with one attached hydrogen (secondary N) is 1. The van der Waals surface area contributed by atoms with Gasteiger partial charge < -0.3 is 5.73 Å². The van der Waals surface area contributed by atoms with Gasteiger partial charge in [0.05, 0.1) is 17.3 Å². The fraction of sp³-hybridized carbons (Fsp3) is 0.889. The third kappa shape index (κ3) is 3.79. The van der Waals surface area contributed by atoms with E-state index in [9.17, 15) is 8.42 Å². The number of amidine groups is 1. The summed E-state index contributed by atoms with van der Waals surface area (Å²) in [6.45, 7) is 3.50. The van der Waals surface area contributed by atoms with E-state index in [1.807, 2.05) is 6.92 Å². The lowest BCUT2D eigenvalue weighted by Crippen LogP contribution is -2.38. The molecule has 1 heterocycles. The highest BCUT2D eigenvalue weighted by atomic mass is 32.2. The molecule has 0 aliphatic carbocycles. The SMILES string of the molecule is CCN(CCC(=N)N)C1CCS(=O)(=O)C1. The van der Waals surface area contributed by atoms with Crippen molar-refractivity contribution in [2.45, 2.75) is 25.8 Å². The molecule has 1 fully saturated rings. The minimum atomic E-state index is -2.82. The zero-order valence-corrected chi connectivity index (χ0v) is 9.89. The van der Waals surface area contributed by atoms with E-state index < -0.39 is 9.84 Å². The quantitative estimate of drug-likeness (QED) is 0.509. The first-order valence-electron chi connectivity index (χ1n) is 5.22. The van der Waals surface area contributed by atoms with Crippen LogP contribution in [0.25, 0.3) is 0 Å². The van der Waals surface area contributed by atoms with E-state index >= 15 is 0 Å². The molecule has 88 valence electrons. The fourth-order valence-electron chi connectivity index (χ4n) is 1.93. The van der Waals surface area contributed by atoms with Crippen molar-refractivity contribution in [1.29, 1.82) is 5.41 Å². The molecule has 0 aromatic rings. The van der Waals surface area contributed by atoms with Crippen molar-refractivity contribution in [3.63, 3.8) is 0 Å². The Labute approximate surface area is 91.1 Å². The molecular weight excluding hydrogens is 214 g/mol. The number of hydrogen-bond acceptors (Lipinski definition) is 4. The first kappa shape index (κ1) is 12.4. The molecular formula is C9H19N3O2S. The van der Waals surface area contributed by atoms with Gasteiger partial charge in [0, 0.05) is 19.0 Å². The average molecular weight is 233 g/mol. The van der Waals surface area contributed by atoms with Gasteiger partial charge >= 0.3 is 0 Å². The number of hydrogen-bond donors (Lipinski definition) is 2. The maximum absolute atomic E-state index is 11.3. The zero-order valence-electron chi connectivity index (χ0n) is 9.07. The summed E-state index contributed by atoms with van der Waals surface area (Å²) in [7, 11) is -2.82. The van der Waals surface area contributed by atoms with Crippen LogP contribution < -0.4 is 5.73 Å². The monoisotopic (exact) mass is 233 g/mol. The molecule has 0 aromatic carbocycles. The predicted octanol–water partition coefficient (Wildman–Crippen LogP) is -0.179. The third-order valence-electron chi connectivity index (χ3n) is 2.80. The van der Waals surface area contributed by atoms with Gasteiger partial charge in [0.2, 0.25) is 0 Å². The smallest absolute Gasteiger partial charge is 0.151 e. The molecule has 0 amide bonds. The van der Waals surface area contributed by atoms with E-state index in [4.69, 9.17) is 11.1 Å². The summed E-state index contributed by atoms with van der Waals surface area (Å²) in [5, 5.41) is 7.14. The third-order valence-corrected chi connectivity index (χ3v) is 4.55. The van der Waals surface area contributed by atoms with Crippen molar-refractivity contribution in [3.8, 4) is 0 Å². The van der Waals surface area contributed by atoms with Gasteiger partial charge in [-0.25, -0.2) is 8.42 Å². The Kier molecular flexibility index (Phi) is 4.10. The molecule has 1 rings (SSSR count). The van der Waals surface area contributed by atoms with Gasteiger partial charge in [-0.1, -0.05) is 6.92 Å². The Bertz CT molecular complexity index is 326. The Morgan fingerprint density at radius 3 is 2.67 bits per heavy atom. The highest BCUT2D eigenvalue weighted by Gasteiger charge is 2.31. The van der Waals surface area contributed by atoms with Gasteiger partial charge in [0.25, 0.3) is 0 Å². The van der Waals surface area contributed by atoms with E-state index in [1.165, 1.54) is 0 Å². The normalized spacial score (nSPS) is 24.5. The molecule has 1 saturated heterocycles. The molecule has 3 N–H and O–H groups in total. The highest BCUT2D eigenvalue weighted by Crippen LogP contribution is 2.17. The highest BCUT2D eigenvalue weighted by molar-refractivity contribution is 7.91. The Hall–Kier alpha value is -0.620. The first-order chi connectivity index (χ1) is 6.94. The molecule has 1 aliphatic heterocycles. The van der Waals surface area contributed by atoms with Crippen LogP contribution in [0.1, 0.15) is 19.8 Å². The van der Waals surface area contributed by atoms with Crippen LogP contribution in [0.5, 0.6) is 0 Å². The van der Waals surface area contributed by atoms with Crippen LogP contribution in [-0.4, -0.2) is 49.8 Å². The van der Waals surface area contributed by atoms with E-state index in [-0.39, 0.29) is 17.6 Å². The molecule has 15 heavy (non-hydrogen) atoms. The van der Waals surface area contributed by atoms with Crippen LogP contribution in [0, 0.1) is 5.41 Å². The maximum atomic E-state index is 11.3. The lowest BCUT2D eigenvalue weighted by Gasteiger charge is -2.26. The molecule has 6 heteroatoms. The number of sulfone groups is 1. The van der Waals surface area contributed by atoms with Gasteiger partial charge in [0.1, 0.15) is 0 Å². The van der Waals surface area contributed by atoms with Crippen molar-refractivity contribution in [1.82, 2.24) is 4.90 Å². The Morgan fingerprint density at radius 2 is 2.27 bits per heavy atom. The van der Waals surface area contributed by atoms with Gasteiger partial charge in [-0.05, 0) is 13.0 Å². The molecule has 0 spiro atoms. The van der Waals surface area contributed by atoms with Crippen molar-refractivity contribution < 1.29 is 8.42 Å². The minimum Gasteiger partial charge on any atom is -0.388 e. The predicted molar refractivity (Wildman–Crippen MR) is 60.8 cm³/mol. The second-order valence-electron chi connectivity index (χ2n) is 3.96. The van der Waals surface area contributed by atoms with Crippen molar-refractivity contribution in [3.05, 3.63) is 0 Å². The standard InChI is InChI=1S/C9H19N3O2S/c1-2-12(5-3-9(10)11)8-4-6-15(13,14)7-8/h8H,2-7H2,1H3,(H3,10,11). The van der Waals surface area contributed by atoms with Crippen LogP contribution in [0.3, 0.4) is 0 Å². The van der Waals surface area contributed by atoms with E-state index in [0.717, 1.165) is 6.54 Å². The van der Waals surface area contributed by atoms with Crippen LogP contribution in [0.2, 0.25) is 0 Å². The lowest BCUT2D eigenvalue weighted by molar-refractivity contribution is 0.230. The van der Waals surface area contributed by atoms with Gasteiger partial charge in [-0.3, -0.25) is 10.3 Å². The summed E-state index contributed by atoms with van der Waals surface area (Å²) in [4.78, 5) is 2.10. The molecule has 1 atom stereocenters. The van der Waals surface area contributed by atoms with Crippen LogP contribution in [0.4, 0.5) is 0 Å². The van der Waals surface area contributed by atoms with Crippen LogP contribution in [0.15, 0.2) is 0 Å². The summed E-state index contributed by atoms with van der Waals surface area (Å²) in [6.07, 6.45) is 1.23. The average Bonchev–Trinajstić information content (AvgIpc) is 2.47. The summed E-state index contributed by atoms with van der Waals surface area (Å²) >= 11 is 0. The topological polar surface area (TPSA) is 87.2 Å². The molecule has 0 aromatic heterocycles. The fourth-order valence-corrected chi connectivity index (χ4v) is 3.69. The second kappa shape index (κ2) is 4.94. The van der Waals surface area contributed by atoms with E-state index in [2.05, 4.69) is 4.90 Å². The maximum Gasteiger partial charge on any atom is 0.151 e. The molecule has 1 aliphatic rings. The zero-order chi connectivity index (χ0) is 11.5. The molecule has 0 bridgehead atoms. The van der Waals surface area contributed by atoms with Gasteiger partial charge in [-0.2, -0.15) is 0 Å². The first-order valence-corrected chi connectivity index (χ1v) is 7.04. The van der Waals surface area contributed by atoms with Crippen LogP contribution >= 0.6 is 0 Å². The van der Waals surface area contributed by atoms with Crippen molar-refractivity contribution in [2.75, 3.05) is 24.6 Å². The van der Waals surface area contributed by atoms with Gasteiger partial charge in [0.15, 0.2) is 9.84 Å². The Morgan fingerprint density at radius 1 is 1.60 bits per heavy atom. The minimum absolute atomic E-state index is 0.124.